The van der Waals surface area contributed by atoms with Crippen LogP contribution in [0.15, 0.2) is 54.1 Å². The Morgan fingerprint density at radius 2 is 1.73 bits per heavy atom. The molecule has 1 fully saturated rings. The van der Waals surface area contributed by atoms with E-state index in [1.54, 1.807) is 29.2 Å². The van der Waals surface area contributed by atoms with E-state index in [2.05, 4.69) is 6.92 Å². The number of benzene rings is 2. The van der Waals surface area contributed by atoms with Crippen molar-refractivity contribution in [1.29, 1.82) is 0 Å². The van der Waals surface area contributed by atoms with Gasteiger partial charge in [-0.05, 0) is 75.4 Å². The topological polar surface area (TPSA) is 70.1 Å². The Balaban J connectivity index is 1.99. The summed E-state index contributed by atoms with van der Waals surface area (Å²) in [4.78, 5) is 29.6. The fourth-order valence-electron chi connectivity index (χ4n) is 3.86. The molecule has 0 saturated carbocycles. The van der Waals surface area contributed by atoms with Crippen LogP contribution in [0.3, 0.4) is 0 Å². The third-order valence-electron chi connectivity index (χ3n) is 5.62. The van der Waals surface area contributed by atoms with Crippen molar-refractivity contribution >= 4 is 29.1 Å². The lowest BCUT2D eigenvalue weighted by atomic mass is 9.95. The van der Waals surface area contributed by atoms with Gasteiger partial charge in [0, 0.05) is 17.1 Å². The molecule has 1 saturated heterocycles. The summed E-state index contributed by atoms with van der Waals surface area (Å²) < 4.78 is 5.75. The molecule has 0 bridgehead atoms. The Morgan fingerprint density at radius 1 is 1.06 bits per heavy atom. The number of ketones is 1. The number of hydrogen-bond acceptors (Lipinski definition) is 5. The lowest BCUT2D eigenvalue weighted by molar-refractivity contribution is -0.139. The van der Waals surface area contributed by atoms with Gasteiger partial charge in [0.05, 0.1) is 18.2 Å². The third-order valence-corrected chi connectivity index (χ3v) is 5.88. The van der Waals surface area contributed by atoms with Crippen molar-refractivity contribution in [3.63, 3.8) is 0 Å². The zero-order valence-corrected chi connectivity index (χ0v) is 20.1. The van der Waals surface area contributed by atoms with E-state index in [0.717, 1.165) is 30.7 Å². The van der Waals surface area contributed by atoms with Gasteiger partial charge in [-0.15, -0.1) is 0 Å². The maximum Gasteiger partial charge on any atom is 0.295 e. The van der Waals surface area contributed by atoms with Gasteiger partial charge in [0.15, 0.2) is 0 Å². The summed E-state index contributed by atoms with van der Waals surface area (Å²) in [6.45, 7) is 3.92. The Morgan fingerprint density at radius 3 is 2.33 bits per heavy atom. The Hall–Kier alpha value is -2.83. The van der Waals surface area contributed by atoms with Crippen LogP contribution in [0.2, 0.25) is 5.02 Å². The summed E-state index contributed by atoms with van der Waals surface area (Å²) >= 11 is 5.98. The van der Waals surface area contributed by atoms with E-state index in [4.69, 9.17) is 16.3 Å². The molecular weight excluding hydrogens is 440 g/mol. The third kappa shape index (κ3) is 5.95. The molecular formula is C26H31ClN2O4. The van der Waals surface area contributed by atoms with E-state index in [9.17, 15) is 14.7 Å². The molecule has 2 aromatic carbocycles. The largest absolute Gasteiger partial charge is 0.507 e. The van der Waals surface area contributed by atoms with Crippen LogP contribution >= 0.6 is 11.6 Å². The van der Waals surface area contributed by atoms with Gasteiger partial charge in [-0.3, -0.25) is 9.59 Å². The van der Waals surface area contributed by atoms with E-state index < -0.39 is 17.7 Å². The first-order chi connectivity index (χ1) is 15.8. The quantitative estimate of drug-likeness (QED) is 0.231. The zero-order chi connectivity index (χ0) is 24.0. The minimum Gasteiger partial charge on any atom is -0.507 e. The van der Waals surface area contributed by atoms with E-state index in [-0.39, 0.29) is 11.3 Å². The van der Waals surface area contributed by atoms with Crippen molar-refractivity contribution in [3.05, 3.63) is 70.3 Å². The van der Waals surface area contributed by atoms with Crippen LogP contribution in [0, 0.1) is 0 Å². The summed E-state index contributed by atoms with van der Waals surface area (Å²) in [7, 11) is 3.92. The van der Waals surface area contributed by atoms with Crippen LogP contribution < -0.4 is 4.74 Å². The van der Waals surface area contributed by atoms with Gasteiger partial charge in [-0.2, -0.15) is 0 Å². The molecule has 0 aromatic heterocycles. The zero-order valence-electron chi connectivity index (χ0n) is 19.4. The predicted molar refractivity (Wildman–Crippen MR) is 130 cm³/mol. The minimum atomic E-state index is -0.680. The van der Waals surface area contributed by atoms with E-state index in [0.29, 0.717) is 30.2 Å². The second-order valence-electron chi connectivity index (χ2n) is 8.43. The van der Waals surface area contributed by atoms with Crippen LogP contribution in [0.1, 0.15) is 43.4 Å². The van der Waals surface area contributed by atoms with Crippen molar-refractivity contribution in [2.24, 2.45) is 0 Å². The molecule has 7 heteroatoms. The summed E-state index contributed by atoms with van der Waals surface area (Å²) in [6, 6.07) is 13.3. The number of likely N-dealkylation sites (tertiary alicyclic amines) is 1. The van der Waals surface area contributed by atoms with Crippen molar-refractivity contribution in [2.75, 3.05) is 33.8 Å². The molecule has 0 aliphatic carbocycles. The number of nitrogens with zero attached hydrogens (tertiary/aromatic N) is 2. The SMILES string of the molecule is CCCCOc1ccc(C2/C(=C(/O)c3ccc(Cl)cc3)C(=O)C(=O)N2CCCN(C)C)cc1. The molecule has 1 amide bonds. The number of halogens is 1. The summed E-state index contributed by atoms with van der Waals surface area (Å²) in [5.74, 6) is -0.749. The number of Topliss-reactive ketones (excluding diaryl/α,β-unsaturated/α-hetero) is 1. The highest BCUT2D eigenvalue weighted by molar-refractivity contribution is 6.46. The van der Waals surface area contributed by atoms with Gasteiger partial charge in [0.2, 0.25) is 0 Å². The van der Waals surface area contributed by atoms with Crippen LogP contribution in [-0.2, 0) is 9.59 Å². The van der Waals surface area contributed by atoms with Gasteiger partial charge in [0.25, 0.3) is 11.7 Å². The molecule has 6 nitrogen and oxygen atoms in total. The molecule has 33 heavy (non-hydrogen) atoms. The monoisotopic (exact) mass is 470 g/mol. The molecule has 1 unspecified atom stereocenters. The number of carbonyl (C=O) groups excluding carboxylic acids is 2. The average Bonchev–Trinajstić information content (AvgIpc) is 3.04. The summed E-state index contributed by atoms with van der Waals surface area (Å²) in [5, 5.41) is 11.6. The second-order valence-corrected chi connectivity index (χ2v) is 8.86. The van der Waals surface area contributed by atoms with Gasteiger partial charge < -0.3 is 19.6 Å². The standard InChI is InChI=1S/C26H31ClN2O4/c1-4-5-17-33-21-13-9-18(10-14-21)23-22(24(30)19-7-11-20(27)12-8-19)25(31)26(32)29(23)16-6-15-28(2)3/h7-14,23,30H,4-6,15-17H2,1-3H3/b24-22-. The Kier molecular flexibility index (Phi) is 8.53. The predicted octanol–water partition coefficient (Wildman–Crippen LogP) is 4.89. The number of amides is 1. The second kappa shape index (κ2) is 11.3. The number of aliphatic hydroxyl groups excluding tert-OH is 1. The van der Waals surface area contributed by atoms with Crippen molar-refractivity contribution < 1.29 is 19.4 Å². The van der Waals surface area contributed by atoms with Crippen LogP contribution in [0.4, 0.5) is 0 Å². The van der Waals surface area contributed by atoms with Crippen molar-refractivity contribution in [3.8, 4) is 5.75 Å². The Bertz CT molecular complexity index is 1000. The molecule has 2 aromatic rings. The first-order valence-corrected chi connectivity index (χ1v) is 11.6. The number of hydrogen-bond donors (Lipinski definition) is 1. The van der Waals surface area contributed by atoms with Crippen LogP contribution in [-0.4, -0.2) is 60.4 Å². The number of rotatable bonds is 10. The number of aliphatic hydroxyl groups is 1. The molecule has 1 atom stereocenters. The number of ether oxygens (including phenoxy) is 1. The van der Waals surface area contributed by atoms with E-state index in [1.165, 1.54) is 0 Å². The smallest absolute Gasteiger partial charge is 0.295 e. The lowest BCUT2D eigenvalue weighted by Crippen LogP contribution is -2.32. The number of carbonyl (C=O) groups is 2. The average molecular weight is 471 g/mol. The fraction of sp³-hybridized carbons (Fsp3) is 0.385. The molecule has 0 spiro atoms. The van der Waals surface area contributed by atoms with Crippen molar-refractivity contribution in [1.82, 2.24) is 9.80 Å². The van der Waals surface area contributed by atoms with E-state index in [1.807, 2.05) is 43.3 Å². The van der Waals surface area contributed by atoms with Gasteiger partial charge in [-0.25, -0.2) is 0 Å². The lowest BCUT2D eigenvalue weighted by Gasteiger charge is -2.26. The molecule has 1 aliphatic heterocycles. The van der Waals surface area contributed by atoms with Gasteiger partial charge in [-0.1, -0.05) is 37.1 Å². The Labute approximate surface area is 200 Å². The molecule has 1 aliphatic rings. The summed E-state index contributed by atoms with van der Waals surface area (Å²) in [5.41, 5.74) is 1.28. The van der Waals surface area contributed by atoms with Crippen LogP contribution in [0.5, 0.6) is 5.75 Å². The first-order valence-electron chi connectivity index (χ1n) is 11.2. The highest BCUT2D eigenvalue weighted by Crippen LogP contribution is 2.40. The molecule has 1 heterocycles. The van der Waals surface area contributed by atoms with E-state index >= 15 is 0 Å². The highest BCUT2D eigenvalue weighted by atomic mass is 35.5. The van der Waals surface area contributed by atoms with Gasteiger partial charge >= 0.3 is 0 Å². The normalized spacial score (nSPS) is 17.7. The maximum atomic E-state index is 13.0. The van der Waals surface area contributed by atoms with Crippen LogP contribution in [0.25, 0.3) is 5.76 Å². The molecule has 176 valence electrons. The highest BCUT2D eigenvalue weighted by Gasteiger charge is 2.45. The minimum absolute atomic E-state index is 0.0897. The van der Waals surface area contributed by atoms with Gasteiger partial charge in [0.1, 0.15) is 11.5 Å². The fourth-order valence-corrected chi connectivity index (χ4v) is 3.98. The molecule has 0 radical (unpaired) electrons. The van der Waals surface area contributed by atoms with Crippen molar-refractivity contribution in [2.45, 2.75) is 32.2 Å². The maximum absolute atomic E-state index is 13.0. The summed E-state index contributed by atoms with van der Waals surface area (Å²) in [6.07, 6.45) is 2.72. The molecule has 1 N–H and O–H groups in total. The number of unbranched alkanes of at least 4 members (excludes halogenated alkanes) is 1. The first kappa shape index (κ1) is 24.8. The molecule has 3 rings (SSSR count).